The van der Waals surface area contributed by atoms with Crippen molar-refractivity contribution in [1.29, 1.82) is 0 Å². The standard InChI is InChI=1S/C9H4BrFN2O3/c10-6-3-5(1-2-7(6)11)9-8(13(14)15)4-16-12-9/h1-4H. The number of rotatable bonds is 2. The molecule has 2 rings (SSSR count). The van der Waals surface area contributed by atoms with Crippen molar-refractivity contribution < 1.29 is 13.8 Å². The van der Waals surface area contributed by atoms with Crippen molar-refractivity contribution >= 4 is 21.6 Å². The molecule has 0 saturated carbocycles. The van der Waals surface area contributed by atoms with Gasteiger partial charge in [-0.05, 0) is 34.1 Å². The van der Waals surface area contributed by atoms with Gasteiger partial charge < -0.3 is 4.52 Å². The lowest BCUT2D eigenvalue weighted by atomic mass is 10.1. The number of aromatic nitrogens is 1. The quantitative estimate of drug-likeness (QED) is 0.628. The third-order valence-electron chi connectivity index (χ3n) is 1.94. The predicted octanol–water partition coefficient (Wildman–Crippen LogP) is 3.15. The lowest BCUT2D eigenvalue weighted by Gasteiger charge is -1.98. The normalized spacial score (nSPS) is 10.4. The molecule has 1 aromatic heterocycles. The molecule has 82 valence electrons. The average molecular weight is 287 g/mol. The maximum absolute atomic E-state index is 13.0. The Labute approximate surface area is 97.1 Å². The van der Waals surface area contributed by atoms with Crippen LogP contribution in [-0.4, -0.2) is 10.1 Å². The van der Waals surface area contributed by atoms with Gasteiger partial charge in [-0.3, -0.25) is 10.1 Å². The van der Waals surface area contributed by atoms with E-state index in [0.29, 0.717) is 5.56 Å². The SMILES string of the molecule is O=[N+]([O-])c1conc1-c1ccc(F)c(Br)c1. The lowest BCUT2D eigenvalue weighted by molar-refractivity contribution is -0.384. The van der Waals surface area contributed by atoms with Crippen molar-refractivity contribution in [1.82, 2.24) is 5.16 Å². The van der Waals surface area contributed by atoms with E-state index >= 15 is 0 Å². The molecule has 0 amide bonds. The Morgan fingerprint density at radius 3 is 2.88 bits per heavy atom. The molecular formula is C9H4BrFN2O3. The van der Waals surface area contributed by atoms with Crippen LogP contribution in [0.4, 0.5) is 10.1 Å². The molecule has 2 aromatic rings. The van der Waals surface area contributed by atoms with Crippen molar-refractivity contribution in [3.05, 3.63) is 44.9 Å². The number of hydrogen-bond acceptors (Lipinski definition) is 4. The van der Waals surface area contributed by atoms with E-state index in [1.54, 1.807) is 0 Å². The lowest BCUT2D eigenvalue weighted by Crippen LogP contribution is -1.89. The summed E-state index contributed by atoms with van der Waals surface area (Å²) in [4.78, 5) is 10.0. The minimum atomic E-state index is -0.608. The molecular weight excluding hydrogens is 283 g/mol. The Balaban J connectivity index is 2.54. The van der Waals surface area contributed by atoms with E-state index in [-0.39, 0.29) is 15.9 Å². The molecule has 1 heterocycles. The predicted molar refractivity (Wildman–Crippen MR) is 56.3 cm³/mol. The van der Waals surface area contributed by atoms with E-state index in [4.69, 9.17) is 0 Å². The fraction of sp³-hybridized carbons (Fsp3) is 0. The highest BCUT2D eigenvalue weighted by Gasteiger charge is 2.20. The van der Waals surface area contributed by atoms with Crippen LogP contribution in [0, 0.1) is 15.9 Å². The van der Waals surface area contributed by atoms with Gasteiger partial charge in [-0.25, -0.2) is 4.39 Å². The number of nitrogens with zero attached hydrogens (tertiary/aromatic N) is 2. The summed E-state index contributed by atoms with van der Waals surface area (Å²) < 4.78 is 17.7. The molecule has 0 radical (unpaired) electrons. The number of nitro groups is 1. The van der Waals surface area contributed by atoms with Gasteiger partial charge in [0.25, 0.3) is 0 Å². The maximum atomic E-state index is 13.0. The summed E-state index contributed by atoms with van der Waals surface area (Å²) in [6.07, 6.45) is 0.937. The first-order valence-electron chi connectivity index (χ1n) is 4.14. The minimum absolute atomic E-state index is 0.0747. The molecule has 0 fully saturated rings. The fourth-order valence-corrected chi connectivity index (χ4v) is 1.58. The zero-order chi connectivity index (χ0) is 11.7. The van der Waals surface area contributed by atoms with E-state index in [1.165, 1.54) is 18.2 Å². The van der Waals surface area contributed by atoms with Gasteiger partial charge in [-0.15, -0.1) is 0 Å². The molecule has 7 heteroatoms. The topological polar surface area (TPSA) is 69.2 Å². The van der Waals surface area contributed by atoms with Gasteiger partial charge in [-0.2, -0.15) is 0 Å². The van der Waals surface area contributed by atoms with Crippen molar-refractivity contribution in [3.63, 3.8) is 0 Å². The van der Waals surface area contributed by atoms with Gasteiger partial charge in [0, 0.05) is 5.56 Å². The van der Waals surface area contributed by atoms with Crippen LogP contribution in [0.15, 0.2) is 33.5 Å². The fourth-order valence-electron chi connectivity index (χ4n) is 1.21. The van der Waals surface area contributed by atoms with Gasteiger partial charge >= 0.3 is 5.69 Å². The minimum Gasteiger partial charge on any atom is -0.357 e. The molecule has 1 aromatic carbocycles. The summed E-state index contributed by atoms with van der Waals surface area (Å²) in [5, 5.41) is 14.1. The monoisotopic (exact) mass is 286 g/mol. The molecule has 0 aliphatic rings. The summed E-state index contributed by atoms with van der Waals surface area (Å²) >= 11 is 2.99. The van der Waals surface area contributed by atoms with Crippen LogP contribution in [0.25, 0.3) is 11.3 Å². The first-order chi connectivity index (χ1) is 7.59. The van der Waals surface area contributed by atoms with Crippen LogP contribution in [0.1, 0.15) is 0 Å². The van der Waals surface area contributed by atoms with E-state index in [0.717, 1.165) is 6.26 Å². The summed E-state index contributed by atoms with van der Waals surface area (Å²) in [6.45, 7) is 0. The molecule has 0 saturated heterocycles. The van der Waals surface area contributed by atoms with Crippen LogP contribution in [-0.2, 0) is 0 Å². The van der Waals surface area contributed by atoms with Gasteiger partial charge in [0.2, 0.25) is 6.26 Å². The zero-order valence-electron chi connectivity index (χ0n) is 7.68. The summed E-state index contributed by atoms with van der Waals surface area (Å²) in [7, 11) is 0. The molecule has 0 atom stereocenters. The first kappa shape index (κ1) is 10.7. The highest BCUT2D eigenvalue weighted by Crippen LogP contribution is 2.30. The Morgan fingerprint density at radius 2 is 2.25 bits per heavy atom. The second-order valence-electron chi connectivity index (χ2n) is 2.93. The van der Waals surface area contributed by atoms with Gasteiger partial charge in [0.1, 0.15) is 5.82 Å². The Morgan fingerprint density at radius 1 is 1.50 bits per heavy atom. The maximum Gasteiger partial charge on any atom is 0.336 e. The smallest absolute Gasteiger partial charge is 0.336 e. The van der Waals surface area contributed by atoms with E-state index in [9.17, 15) is 14.5 Å². The summed E-state index contributed by atoms with van der Waals surface area (Å²) in [5.41, 5.74) is 0.234. The molecule has 0 spiro atoms. The van der Waals surface area contributed by atoms with Crippen molar-refractivity contribution in [2.45, 2.75) is 0 Å². The Bertz CT molecular complexity index is 555. The van der Waals surface area contributed by atoms with Crippen molar-refractivity contribution in [2.24, 2.45) is 0 Å². The Kier molecular flexibility index (Phi) is 2.69. The van der Waals surface area contributed by atoms with Gasteiger partial charge in [0.05, 0.1) is 9.40 Å². The molecule has 16 heavy (non-hydrogen) atoms. The van der Waals surface area contributed by atoms with E-state index in [2.05, 4.69) is 25.6 Å². The zero-order valence-corrected chi connectivity index (χ0v) is 9.27. The first-order valence-corrected chi connectivity index (χ1v) is 4.93. The molecule has 5 nitrogen and oxygen atoms in total. The van der Waals surface area contributed by atoms with Gasteiger partial charge in [-0.1, -0.05) is 5.16 Å². The van der Waals surface area contributed by atoms with Crippen molar-refractivity contribution in [2.75, 3.05) is 0 Å². The second kappa shape index (κ2) is 4.01. The third kappa shape index (κ3) is 1.81. The summed E-state index contributed by atoms with van der Waals surface area (Å²) in [5.74, 6) is -0.449. The van der Waals surface area contributed by atoms with Crippen LogP contribution in [0.3, 0.4) is 0 Å². The van der Waals surface area contributed by atoms with Crippen LogP contribution < -0.4 is 0 Å². The largest absolute Gasteiger partial charge is 0.357 e. The molecule has 0 N–H and O–H groups in total. The molecule has 0 unspecified atom stereocenters. The third-order valence-corrected chi connectivity index (χ3v) is 2.55. The van der Waals surface area contributed by atoms with Crippen LogP contribution in [0.2, 0.25) is 0 Å². The van der Waals surface area contributed by atoms with Crippen molar-refractivity contribution in [3.8, 4) is 11.3 Å². The second-order valence-corrected chi connectivity index (χ2v) is 3.79. The summed E-state index contributed by atoms with van der Waals surface area (Å²) in [6, 6.07) is 3.99. The number of benzene rings is 1. The molecule has 0 aliphatic carbocycles. The number of hydrogen-bond donors (Lipinski definition) is 0. The molecule has 0 aliphatic heterocycles. The highest BCUT2D eigenvalue weighted by atomic mass is 79.9. The number of halogens is 2. The van der Waals surface area contributed by atoms with E-state index < -0.39 is 10.7 Å². The highest BCUT2D eigenvalue weighted by molar-refractivity contribution is 9.10. The molecule has 0 bridgehead atoms. The average Bonchev–Trinajstić information content (AvgIpc) is 2.71. The Hall–Kier alpha value is -1.76. The van der Waals surface area contributed by atoms with Gasteiger partial charge in [0.15, 0.2) is 5.69 Å². The van der Waals surface area contributed by atoms with Crippen LogP contribution in [0.5, 0.6) is 0 Å². The van der Waals surface area contributed by atoms with E-state index in [1.807, 2.05) is 0 Å². The van der Waals surface area contributed by atoms with Crippen LogP contribution >= 0.6 is 15.9 Å².